The Morgan fingerprint density at radius 1 is 1.50 bits per heavy atom. The minimum atomic E-state index is -0.373. The summed E-state index contributed by atoms with van der Waals surface area (Å²) in [5.74, 6) is 5.87. The molecule has 0 spiro atoms. The topological polar surface area (TPSA) is 71.5 Å². The van der Waals surface area contributed by atoms with E-state index in [9.17, 15) is 4.79 Å². The number of hydrogen-bond donors (Lipinski definition) is 2. The maximum absolute atomic E-state index is 11.5. The number of furan rings is 1. The third-order valence-corrected chi connectivity index (χ3v) is 4.22. The molecule has 1 saturated heterocycles. The van der Waals surface area contributed by atoms with Gasteiger partial charge in [-0.2, -0.15) is 0 Å². The lowest BCUT2D eigenvalue weighted by Crippen LogP contribution is -2.33. The molecular weight excluding hydrogens is 254 g/mol. The molecule has 1 atom stereocenters. The van der Waals surface area contributed by atoms with E-state index in [1.54, 1.807) is 0 Å². The smallest absolute Gasteiger partial charge is 0.300 e. The highest BCUT2D eigenvalue weighted by atomic mass is 16.4. The first-order valence-electron chi connectivity index (χ1n) is 7.50. The number of nitrogens with two attached hydrogens (primary N) is 1. The summed E-state index contributed by atoms with van der Waals surface area (Å²) < 4.78 is 5.49. The van der Waals surface area contributed by atoms with Crippen molar-refractivity contribution in [1.82, 2.24) is 10.3 Å². The van der Waals surface area contributed by atoms with Gasteiger partial charge in [0.25, 0.3) is 0 Å². The summed E-state index contributed by atoms with van der Waals surface area (Å²) in [6.07, 6.45) is 6.33. The van der Waals surface area contributed by atoms with Crippen molar-refractivity contribution in [3.8, 4) is 0 Å². The number of nitrogens with one attached hydrogen (secondary N) is 1. The van der Waals surface area contributed by atoms with Gasteiger partial charge >= 0.3 is 5.91 Å². The minimum Gasteiger partial charge on any atom is -0.456 e. The minimum absolute atomic E-state index is 0.294. The van der Waals surface area contributed by atoms with E-state index < -0.39 is 0 Å². The molecule has 0 aliphatic carbocycles. The number of rotatable bonds is 4. The van der Waals surface area contributed by atoms with Gasteiger partial charge in [0.1, 0.15) is 5.76 Å². The number of hydrogen-bond acceptors (Lipinski definition) is 4. The Bertz CT molecular complexity index is 456. The van der Waals surface area contributed by atoms with Crippen molar-refractivity contribution in [2.45, 2.75) is 58.5 Å². The van der Waals surface area contributed by atoms with E-state index in [4.69, 9.17) is 10.3 Å². The van der Waals surface area contributed by atoms with Crippen LogP contribution in [0.4, 0.5) is 0 Å². The third kappa shape index (κ3) is 3.41. The number of carbonyl (C=O) groups excluding carboxylic acids is 1. The molecule has 1 unspecified atom stereocenters. The number of carbonyl (C=O) groups is 1. The Balaban J connectivity index is 2.11. The number of nitrogen functional groups attached to an aromatic ring is 1. The number of aryl methyl sites for hydroxylation is 1. The van der Waals surface area contributed by atoms with Crippen LogP contribution in [0, 0.1) is 6.92 Å². The van der Waals surface area contributed by atoms with E-state index in [2.05, 4.69) is 17.2 Å². The lowest BCUT2D eigenvalue weighted by molar-refractivity contribution is 0.0924. The van der Waals surface area contributed by atoms with E-state index >= 15 is 0 Å². The number of amides is 1. The SMILES string of the molecule is CCC1CCCCCN1Cc1cc(C(=O)NN)oc1C. The monoisotopic (exact) mass is 279 g/mol. The Morgan fingerprint density at radius 3 is 3.00 bits per heavy atom. The van der Waals surface area contributed by atoms with Crippen LogP contribution in [0.3, 0.4) is 0 Å². The van der Waals surface area contributed by atoms with Crippen molar-refractivity contribution < 1.29 is 9.21 Å². The molecule has 5 nitrogen and oxygen atoms in total. The highest BCUT2D eigenvalue weighted by molar-refractivity contribution is 5.91. The van der Waals surface area contributed by atoms with Crippen molar-refractivity contribution in [1.29, 1.82) is 0 Å². The second kappa shape index (κ2) is 6.90. The van der Waals surface area contributed by atoms with Crippen LogP contribution in [-0.2, 0) is 6.54 Å². The van der Waals surface area contributed by atoms with Crippen LogP contribution in [0.25, 0.3) is 0 Å². The average molecular weight is 279 g/mol. The highest BCUT2D eigenvalue weighted by Gasteiger charge is 2.22. The molecule has 0 saturated carbocycles. The van der Waals surface area contributed by atoms with Crippen molar-refractivity contribution >= 4 is 5.91 Å². The summed E-state index contributed by atoms with van der Waals surface area (Å²) in [6.45, 7) is 6.13. The predicted molar refractivity (Wildman–Crippen MR) is 78.1 cm³/mol. The van der Waals surface area contributed by atoms with E-state index in [1.165, 1.54) is 32.1 Å². The van der Waals surface area contributed by atoms with Gasteiger partial charge in [0.05, 0.1) is 0 Å². The summed E-state index contributed by atoms with van der Waals surface area (Å²) in [5.41, 5.74) is 3.20. The molecule has 5 heteroatoms. The standard InChI is InChI=1S/C15H25N3O2/c1-3-13-7-5-4-6-8-18(13)10-12-9-14(15(19)17-16)20-11(12)2/h9,13H,3-8,10,16H2,1-2H3,(H,17,19). The first-order chi connectivity index (χ1) is 9.65. The van der Waals surface area contributed by atoms with Crippen molar-refractivity contribution in [2.24, 2.45) is 5.84 Å². The zero-order chi connectivity index (χ0) is 14.5. The second-order valence-corrected chi connectivity index (χ2v) is 5.55. The summed E-state index contributed by atoms with van der Waals surface area (Å²) in [6, 6.07) is 2.45. The van der Waals surface area contributed by atoms with Gasteiger partial charge in [-0.1, -0.05) is 19.8 Å². The van der Waals surface area contributed by atoms with Crippen LogP contribution in [0.2, 0.25) is 0 Å². The summed E-state index contributed by atoms with van der Waals surface area (Å²) in [7, 11) is 0. The molecule has 2 rings (SSSR count). The van der Waals surface area contributed by atoms with E-state index in [-0.39, 0.29) is 5.91 Å². The van der Waals surface area contributed by atoms with Crippen LogP contribution in [-0.4, -0.2) is 23.4 Å². The largest absolute Gasteiger partial charge is 0.456 e. The lowest BCUT2D eigenvalue weighted by atomic mass is 10.1. The molecule has 1 fully saturated rings. The third-order valence-electron chi connectivity index (χ3n) is 4.22. The first-order valence-corrected chi connectivity index (χ1v) is 7.50. The Hall–Kier alpha value is -1.33. The van der Waals surface area contributed by atoms with Gasteiger partial charge in [0, 0.05) is 18.2 Å². The van der Waals surface area contributed by atoms with Gasteiger partial charge in [0.2, 0.25) is 0 Å². The molecule has 1 aromatic heterocycles. The van der Waals surface area contributed by atoms with Crippen molar-refractivity contribution in [2.75, 3.05) is 6.54 Å². The van der Waals surface area contributed by atoms with Gasteiger partial charge in [-0.25, -0.2) is 5.84 Å². The van der Waals surface area contributed by atoms with E-state index in [0.29, 0.717) is 11.8 Å². The highest BCUT2D eigenvalue weighted by Crippen LogP contribution is 2.24. The van der Waals surface area contributed by atoms with Crippen LogP contribution >= 0.6 is 0 Å². The fourth-order valence-corrected chi connectivity index (χ4v) is 2.99. The fourth-order valence-electron chi connectivity index (χ4n) is 2.99. The molecule has 20 heavy (non-hydrogen) atoms. The predicted octanol–water partition coefficient (Wildman–Crippen LogP) is 2.35. The van der Waals surface area contributed by atoms with E-state index in [1.807, 2.05) is 13.0 Å². The van der Waals surface area contributed by atoms with Gasteiger partial charge < -0.3 is 4.42 Å². The first kappa shape index (κ1) is 15.1. The van der Waals surface area contributed by atoms with Gasteiger partial charge in [-0.15, -0.1) is 0 Å². The van der Waals surface area contributed by atoms with Crippen LogP contribution in [0.5, 0.6) is 0 Å². The summed E-state index contributed by atoms with van der Waals surface area (Å²) >= 11 is 0. The van der Waals surface area contributed by atoms with E-state index in [0.717, 1.165) is 24.4 Å². The fraction of sp³-hybridized carbons (Fsp3) is 0.667. The Labute approximate surface area is 120 Å². The molecule has 1 aliphatic rings. The number of hydrazine groups is 1. The summed E-state index contributed by atoms with van der Waals surface area (Å²) in [5, 5.41) is 0. The van der Waals surface area contributed by atoms with Crippen LogP contribution in [0.1, 0.15) is 60.9 Å². The van der Waals surface area contributed by atoms with Crippen molar-refractivity contribution in [3.63, 3.8) is 0 Å². The molecule has 0 radical (unpaired) electrons. The molecule has 3 N–H and O–H groups in total. The van der Waals surface area contributed by atoms with Crippen LogP contribution < -0.4 is 11.3 Å². The number of likely N-dealkylation sites (tertiary alicyclic amines) is 1. The lowest BCUT2D eigenvalue weighted by Gasteiger charge is -2.28. The van der Waals surface area contributed by atoms with Gasteiger partial charge in [0.15, 0.2) is 5.76 Å². The zero-order valence-corrected chi connectivity index (χ0v) is 12.4. The maximum Gasteiger partial charge on any atom is 0.300 e. The Morgan fingerprint density at radius 2 is 2.30 bits per heavy atom. The molecule has 1 aromatic rings. The van der Waals surface area contributed by atoms with Gasteiger partial charge in [-0.3, -0.25) is 15.1 Å². The normalized spacial score (nSPS) is 20.6. The molecule has 1 amide bonds. The van der Waals surface area contributed by atoms with Crippen LogP contribution in [0.15, 0.2) is 10.5 Å². The average Bonchev–Trinajstić information content (AvgIpc) is 2.68. The quantitative estimate of drug-likeness (QED) is 0.504. The summed E-state index contributed by atoms with van der Waals surface area (Å²) in [4.78, 5) is 14.0. The second-order valence-electron chi connectivity index (χ2n) is 5.55. The molecule has 0 aromatic carbocycles. The molecule has 112 valence electrons. The maximum atomic E-state index is 11.5. The molecule has 0 bridgehead atoms. The van der Waals surface area contributed by atoms with Gasteiger partial charge in [-0.05, 0) is 38.8 Å². The molecule has 1 aliphatic heterocycles. The zero-order valence-electron chi connectivity index (χ0n) is 12.4. The Kier molecular flexibility index (Phi) is 5.20. The number of nitrogens with zero attached hydrogens (tertiary/aromatic N) is 1. The molecular formula is C15H25N3O2. The molecule has 2 heterocycles. The van der Waals surface area contributed by atoms with Crippen molar-refractivity contribution in [3.05, 3.63) is 23.2 Å².